The van der Waals surface area contributed by atoms with Crippen molar-refractivity contribution in [2.75, 3.05) is 17.2 Å². The summed E-state index contributed by atoms with van der Waals surface area (Å²) in [6.45, 7) is 3.16. The normalized spacial score (nSPS) is 13.8. The number of anilines is 2. The van der Waals surface area contributed by atoms with Crippen LogP contribution in [0, 0.1) is 0 Å². The number of carbonyl (C=O) groups is 2. The van der Waals surface area contributed by atoms with E-state index in [1.54, 1.807) is 11.8 Å². The van der Waals surface area contributed by atoms with Gasteiger partial charge in [0.1, 0.15) is 0 Å². The lowest BCUT2D eigenvalue weighted by atomic mass is 9.97. The fraction of sp³-hybridized carbons (Fsp3) is 0.200. The molecule has 6 heteroatoms. The Morgan fingerprint density at radius 1 is 0.903 bits per heavy atom. The molecule has 0 aliphatic carbocycles. The minimum absolute atomic E-state index is 0.139. The second-order valence-corrected chi connectivity index (χ2v) is 8.89. The van der Waals surface area contributed by atoms with Gasteiger partial charge in [-0.2, -0.15) is 0 Å². The molecule has 1 atom stereocenters. The first-order valence-electron chi connectivity index (χ1n) is 10.3. The van der Waals surface area contributed by atoms with Gasteiger partial charge in [0.15, 0.2) is 0 Å². The zero-order chi connectivity index (χ0) is 21.6. The van der Waals surface area contributed by atoms with E-state index in [1.165, 1.54) is 0 Å². The number of rotatable bonds is 5. The highest BCUT2D eigenvalue weighted by Gasteiger charge is 2.26. The lowest BCUT2D eigenvalue weighted by Crippen LogP contribution is -2.40. The van der Waals surface area contributed by atoms with Crippen LogP contribution in [-0.4, -0.2) is 28.6 Å². The van der Waals surface area contributed by atoms with Gasteiger partial charge in [0, 0.05) is 29.4 Å². The molecule has 0 radical (unpaired) electrons. The van der Waals surface area contributed by atoms with E-state index in [0.29, 0.717) is 19.5 Å². The van der Waals surface area contributed by atoms with Crippen molar-refractivity contribution in [3.05, 3.63) is 90.0 Å². The summed E-state index contributed by atoms with van der Waals surface area (Å²) in [5.41, 5.74) is 3.71. The smallest absolute Gasteiger partial charge is 0.323 e. The van der Waals surface area contributed by atoms with E-state index in [-0.39, 0.29) is 17.2 Å². The highest BCUT2D eigenvalue weighted by molar-refractivity contribution is 8.00. The maximum Gasteiger partial charge on any atom is 0.323 e. The van der Waals surface area contributed by atoms with E-state index in [0.717, 1.165) is 27.4 Å². The Bertz CT molecular complexity index is 1060. The molecule has 1 aliphatic rings. The van der Waals surface area contributed by atoms with Crippen molar-refractivity contribution in [2.45, 2.75) is 30.0 Å². The standard InChI is InChI=1S/C25H25N3O2S/c1-18(31-21-12-6-3-7-13-21)24(29)28-16-15-22-19(17-28)9-8-14-23(22)27-25(30)26-20-10-4-2-5-11-20/h2-14,18H,15-17H2,1H3,(H2,26,27,30). The first-order valence-corrected chi connectivity index (χ1v) is 11.2. The van der Waals surface area contributed by atoms with E-state index in [2.05, 4.69) is 10.6 Å². The molecule has 5 nitrogen and oxygen atoms in total. The van der Waals surface area contributed by atoms with E-state index in [9.17, 15) is 9.59 Å². The summed E-state index contributed by atoms with van der Waals surface area (Å²) in [6, 6.07) is 24.9. The molecule has 0 saturated heterocycles. The van der Waals surface area contributed by atoms with Crippen molar-refractivity contribution in [3.63, 3.8) is 0 Å². The summed E-state index contributed by atoms with van der Waals surface area (Å²) in [5.74, 6) is 0.139. The van der Waals surface area contributed by atoms with Crippen LogP contribution < -0.4 is 10.6 Å². The molecule has 0 spiro atoms. The van der Waals surface area contributed by atoms with Crippen LogP contribution >= 0.6 is 11.8 Å². The zero-order valence-corrected chi connectivity index (χ0v) is 18.2. The molecule has 0 aromatic heterocycles. The molecule has 4 rings (SSSR count). The van der Waals surface area contributed by atoms with Gasteiger partial charge >= 0.3 is 6.03 Å². The minimum Gasteiger partial charge on any atom is -0.337 e. The summed E-state index contributed by atoms with van der Waals surface area (Å²) < 4.78 is 0. The highest BCUT2D eigenvalue weighted by atomic mass is 32.2. The molecule has 3 aromatic carbocycles. The van der Waals surface area contributed by atoms with Gasteiger partial charge in [-0.15, -0.1) is 11.8 Å². The summed E-state index contributed by atoms with van der Waals surface area (Å²) in [4.78, 5) is 28.4. The van der Waals surface area contributed by atoms with Crippen LogP contribution in [0.2, 0.25) is 0 Å². The number of nitrogens with zero attached hydrogens (tertiary/aromatic N) is 1. The molecule has 1 aliphatic heterocycles. The summed E-state index contributed by atoms with van der Waals surface area (Å²) >= 11 is 1.58. The monoisotopic (exact) mass is 431 g/mol. The number of fused-ring (bicyclic) bond motifs is 1. The van der Waals surface area contributed by atoms with Crippen molar-refractivity contribution in [2.24, 2.45) is 0 Å². The Labute approximate surface area is 186 Å². The highest BCUT2D eigenvalue weighted by Crippen LogP contribution is 2.29. The van der Waals surface area contributed by atoms with E-state index < -0.39 is 0 Å². The maximum atomic E-state index is 13.0. The van der Waals surface area contributed by atoms with Gasteiger partial charge in [0.05, 0.1) is 5.25 Å². The number of hydrogen-bond acceptors (Lipinski definition) is 3. The number of urea groups is 1. The third-order valence-electron chi connectivity index (χ3n) is 5.26. The lowest BCUT2D eigenvalue weighted by molar-refractivity contribution is -0.131. The van der Waals surface area contributed by atoms with E-state index in [4.69, 9.17) is 0 Å². The van der Waals surface area contributed by atoms with Gasteiger partial charge in [-0.25, -0.2) is 4.79 Å². The SMILES string of the molecule is CC(Sc1ccccc1)C(=O)N1CCc2c(cccc2NC(=O)Nc2ccccc2)C1. The van der Waals surface area contributed by atoms with E-state index >= 15 is 0 Å². The topological polar surface area (TPSA) is 61.4 Å². The second-order valence-electron chi connectivity index (χ2n) is 7.47. The molecular formula is C25H25N3O2S. The van der Waals surface area contributed by atoms with Crippen molar-refractivity contribution >= 4 is 35.1 Å². The van der Waals surface area contributed by atoms with Crippen LogP contribution in [0.4, 0.5) is 16.2 Å². The number of nitrogens with one attached hydrogen (secondary N) is 2. The molecule has 2 N–H and O–H groups in total. The second kappa shape index (κ2) is 9.71. The predicted octanol–water partition coefficient (Wildman–Crippen LogP) is 5.40. The van der Waals surface area contributed by atoms with Crippen molar-refractivity contribution in [3.8, 4) is 0 Å². The molecule has 31 heavy (non-hydrogen) atoms. The minimum atomic E-state index is -0.272. The third kappa shape index (κ3) is 5.27. The first kappa shape index (κ1) is 21.0. The predicted molar refractivity (Wildman–Crippen MR) is 126 cm³/mol. The Morgan fingerprint density at radius 3 is 2.35 bits per heavy atom. The van der Waals surface area contributed by atoms with Gasteiger partial charge in [0.25, 0.3) is 0 Å². The quantitative estimate of drug-likeness (QED) is 0.532. The number of amides is 3. The van der Waals surface area contributed by atoms with Crippen molar-refractivity contribution in [1.82, 2.24) is 4.90 Å². The summed E-state index contributed by atoms with van der Waals surface area (Å²) in [7, 11) is 0. The van der Waals surface area contributed by atoms with Gasteiger partial charge < -0.3 is 15.5 Å². The summed E-state index contributed by atoms with van der Waals surface area (Å²) in [5, 5.41) is 5.65. The molecule has 0 fully saturated rings. The average molecular weight is 432 g/mol. The molecule has 0 bridgehead atoms. The number of hydrogen-bond donors (Lipinski definition) is 2. The Kier molecular flexibility index (Phi) is 6.57. The molecule has 3 amide bonds. The molecule has 0 saturated carbocycles. The Hall–Kier alpha value is -3.25. The largest absolute Gasteiger partial charge is 0.337 e. The van der Waals surface area contributed by atoms with Crippen LogP contribution in [-0.2, 0) is 17.8 Å². The van der Waals surface area contributed by atoms with Gasteiger partial charge in [0.2, 0.25) is 5.91 Å². The number of carbonyl (C=O) groups excluding carboxylic acids is 2. The zero-order valence-electron chi connectivity index (χ0n) is 17.4. The van der Waals surface area contributed by atoms with Gasteiger partial charge in [-0.1, -0.05) is 48.5 Å². The van der Waals surface area contributed by atoms with Crippen LogP contribution in [0.15, 0.2) is 83.8 Å². The lowest BCUT2D eigenvalue weighted by Gasteiger charge is -2.32. The van der Waals surface area contributed by atoms with Crippen LogP contribution in [0.1, 0.15) is 18.1 Å². The molecule has 158 valence electrons. The Balaban J connectivity index is 1.40. The molecular weight excluding hydrogens is 406 g/mol. The van der Waals surface area contributed by atoms with Crippen LogP contribution in [0.3, 0.4) is 0 Å². The maximum absolute atomic E-state index is 13.0. The number of para-hydroxylation sites is 1. The van der Waals surface area contributed by atoms with Gasteiger partial charge in [-0.3, -0.25) is 4.79 Å². The number of benzene rings is 3. The molecule has 3 aromatic rings. The Morgan fingerprint density at radius 2 is 1.61 bits per heavy atom. The first-order chi connectivity index (χ1) is 15.1. The van der Waals surface area contributed by atoms with Gasteiger partial charge in [-0.05, 0) is 54.8 Å². The van der Waals surface area contributed by atoms with Crippen molar-refractivity contribution < 1.29 is 9.59 Å². The van der Waals surface area contributed by atoms with Crippen LogP contribution in [0.25, 0.3) is 0 Å². The molecule has 1 unspecified atom stereocenters. The fourth-order valence-electron chi connectivity index (χ4n) is 3.73. The third-order valence-corrected chi connectivity index (χ3v) is 6.36. The van der Waals surface area contributed by atoms with Crippen molar-refractivity contribution in [1.29, 1.82) is 0 Å². The van der Waals surface area contributed by atoms with Crippen LogP contribution in [0.5, 0.6) is 0 Å². The number of thioether (sulfide) groups is 1. The average Bonchev–Trinajstić information content (AvgIpc) is 2.79. The molecule has 1 heterocycles. The summed E-state index contributed by atoms with van der Waals surface area (Å²) in [6.07, 6.45) is 0.714. The fourth-order valence-corrected chi connectivity index (χ4v) is 4.70. The van der Waals surface area contributed by atoms with E-state index in [1.807, 2.05) is 90.7 Å².